The molecule has 0 aromatic heterocycles. The van der Waals surface area contributed by atoms with Gasteiger partial charge in [0.05, 0.1) is 22.4 Å². The highest BCUT2D eigenvalue weighted by Crippen LogP contribution is 2.52. The molecule has 2 heterocycles. The molecule has 1 saturated heterocycles. The Balaban J connectivity index is 1.38. The quantitative estimate of drug-likeness (QED) is 0.617. The molecule has 7 nitrogen and oxygen atoms in total. The fraction of sp³-hybridized carbons (Fsp3) is 0.448. The van der Waals surface area contributed by atoms with E-state index in [0.29, 0.717) is 28.9 Å². The van der Waals surface area contributed by atoms with Crippen molar-refractivity contribution in [1.82, 2.24) is 9.80 Å². The molecule has 0 spiro atoms. The zero-order chi connectivity index (χ0) is 25.8. The summed E-state index contributed by atoms with van der Waals surface area (Å²) < 4.78 is 0. The Morgan fingerprint density at radius 2 is 1.58 bits per heavy atom. The van der Waals surface area contributed by atoms with Crippen molar-refractivity contribution in [3.8, 4) is 0 Å². The summed E-state index contributed by atoms with van der Waals surface area (Å²) in [6, 6.07) is 12.8. The first-order chi connectivity index (χ1) is 17.0. The van der Waals surface area contributed by atoms with E-state index in [-0.39, 0.29) is 29.2 Å². The normalized spacial score (nSPS) is 25.1. The van der Waals surface area contributed by atoms with E-state index in [9.17, 15) is 19.2 Å². The maximum absolute atomic E-state index is 13.7. The molecule has 5 rings (SSSR count). The van der Waals surface area contributed by atoms with Gasteiger partial charge in [0, 0.05) is 12.6 Å². The maximum Gasteiger partial charge on any atom is 0.262 e. The van der Waals surface area contributed by atoms with Gasteiger partial charge in [-0.25, -0.2) is 0 Å². The van der Waals surface area contributed by atoms with Crippen LogP contribution in [0.5, 0.6) is 0 Å². The molecule has 0 unspecified atom stereocenters. The fourth-order valence-corrected chi connectivity index (χ4v) is 6.82. The van der Waals surface area contributed by atoms with Gasteiger partial charge in [0.1, 0.15) is 6.04 Å². The molecule has 4 amide bonds. The van der Waals surface area contributed by atoms with Crippen LogP contribution in [-0.4, -0.2) is 52.1 Å². The number of fused-ring (bicyclic) bond motifs is 3. The summed E-state index contributed by atoms with van der Waals surface area (Å²) in [7, 11) is 0. The molecule has 2 bridgehead atoms. The molecular weight excluding hydrogens is 454 g/mol. The monoisotopic (exact) mass is 487 g/mol. The van der Waals surface area contributed by atoms with Gasteiger partial charge in [-0.05, 0) is 60.8 Å². The number of para-hydroxylation sites is 1. The number of imide groups is 1. The van der Waals surface area contributed by atoms with Crippen molar-refractivity contribution in [3.63, 3.8) is 0 Å². The summed E-state index contributed by atoms with van der Waals surface area (Å²) in [5.41, 5.74) is 1.72. The lowest BCUT2D eigenvalue weighted by atomic mass is 9.65. The van der Waals surface area contributed by atoms with Crippen LogP contribution in [0.15, 0.2) is 48.5 Å². The highest BCUT2D eigenvalue weighted by Gasteiger charge is 2.51. The van der Waals surface area contributed by atoms with Gasteiger partial charge in [0.2, 0.25) is 5.91 Å². The highest BCUT2D eigenvalue weighted by molar-refractivity contribution is 6.23. The van der Waals surface area contributed by atoms with Gasteiger partial charge < -0.3 is 10.2 Å². The van der Waals surface area contributed by atoms with Crippen LogP contribution in [0.3, 0.4) is 0 Å². The van der Waals surface area contributed by atoms with Crippen molar-refractivity contribution in [2.24, 2.45) is 10.8 Å². The van der Waals surface area contributed by atoms with E-state index in [1.165, 1.54) is 0 Å². The molecule has 3 atom stereocenters. The van der Waals surface area contributed by atoms with Crippen LogP contribution in [0.2, 0.25) is 0 Å². The standard InChI is InChI=1S/C29H33N3O4/c1-5-23(32-26(35)19-10-6-7-11-20(19)27(32)36)24(33)30-22-13-9-8-12-21(22)25(34)31-17-29(4)15-18(31)14-28(2,3)16-29/h6-13,18,23H,5,14-17H2,1-4H3,(H,30,33)/t18-,23-,29-/m0/s1. The minimum Gasteiger partial charge on any atom is -0.335 e. The zero-order valence-electron chi connectivity index (χ0n) is 21.3. The Hall–Kier alpha value is -3.48. The SMILES string of the molecule is CC[C@@H](C(=O)Nc1ccccc1C(=O)N1C[C@@]2(C)C[C@@H]1CC(C)(C)C2)N1C(=O)c2ccccc2C1=O. The third-order valence-corrected chi connectivity index (χ3v) is 7.92. The van der Waals surface area contributed by atoms with Gasteiger partial charge in [0.15, 0.2) is 0 Å². The average Bonchev–Trinajstić information content (AvgIpc) is 3.23. The van der Waals surface area contributed by atoms with Gasteiger partial charge in [-0.3, -0.25) is 24.1 Å². The van der Waals surface area contributed by atoms with Crippen LogP contribution < -0.4 is 5.32 Å². The Labute approximate surface area is 211 Å². The highest BCUT2D eigenvalue weighted by atomic mass is 16.2. The lowest BCUT2D eigenvalue weighted by Crippen LogP contribution is -2.47. The summed E-state index contributed by atoms with van der Waals surface area (Å²) >= 11 is 0. The van der Waals surface area contributed by atoms with Crippen molar-refractivity contribution in [3.05, 3.63) is 65.2 Å². The number of carbonyl (C=O) groups excluding carboxylic acids is 4. The van der Waals surface area contributed by atoms with Crippen LogP contribution in [-0.2, 0) is 4.79 Å². The molecule has 0 radical (unpaired) electrons. The topological polar surface area (TPSA) is 86.8 Å². The largest absolute Gasteiger partial charge is 0.335 e. The van der Waals surface area contributed by atoms with Crippen molar-refractivity contribution < 1.29 is 19.2 Å². The number of nitrogens with one attached hydrogen (secondary N) is 1. The van der Waals surface area contributed by atoms with Gasteiger partial charge in [-0.1, -0.05) is 52.0 Å². The summed E-state index contributed by atoms with van der Waals surface area (Å²) in [5.74, 6) is -1.52. The molecule has 3 aliphatic rings. The summed E-state index contributed by atoms with van der Waals surface area (Å²) in [5, 5.41) is 2.86. The fourth-order valence-electron chi connectivity index (χ4n) is 6.82. The Kier molecular flexibility index (Phi) is 5.77. The molecule has 1 aliphatic carbocycles. The molecule has 2 aliphatic heterocycles. The number of likely N-dealkylation sites (tertiary alicyclic amines) is 1. The number of benzene rings is 2. The Morgan fingerprint density at radius 1 is 0.972 bits per heavy atom. The van der Waals surface area contributed by atoms with E-state index in [0.717, 1.165) is 24.2 Å². The van der Waals surface area contributed by atoms with E-state index < -0.39 is 23.8 Å². The smallest absolute Gasteiger partial charge is 0.262 e. The Bertz CT molecular complexity index is 1230. The predicted octanol–water partition coefficient (Wildman–Crippen LogP) is 4.74. The van der Waals surface area contributed by atoms with Crippen molar-refractivity contribution in [2.45, 2.75) is 65.5 Å². The van der Waals surface area contributed by atoms with Crippen LogP contribution in [0.25, 0.3) is 0 Å². The number of carbonyl (C=O) groups is 4. The minimum atomic E-state index is -0.980. The first-order valence-corrected chi connectivity index (χ1v) is 12.7. The summed E-state index contributed by atoms with van der Waals surface area (Å²) in [6.07, 6.45) is 3.29. The zero-order valence-corrected chi connectivity index (χ0v) is 21.3. The van der Waals surface area contributed by atoms with E-state index in [2.05, 4.69) is 26.1 Å². The average molecular weight is 488 g/mol. The lowest BCUT2D eigenvalue weighted by Gasteiger charge is -2.39. The second-order valence-electron chi connectivity index (χ2n) is 11.6. The van der Waals surface area contributed by atoms with E-state index in [1.807, 2.05) is 4.90 Å². The summed E-state index contributed by atoms with van der Waals surface area (Å²) in [6.45, 7) is 9.26. The van der Waals surface area contributed by atoms with Crippen LogP contribution in [0.1, 0.15) is 84.5 Å². The molecule has 1 N–H and O–H groups in total. The van der Waals surface area contributed by atoms with Crippen molar-refractivity contribution >= 4 is 29.3 Å². The number of hydrogen-bond donors (Lipinski definition) is 1. The lowest BCUT2D eigenvalue weighted by molar-refractivity contribution is -0.120. The third kappa shape index (κ3) is 4.00. The molecular formula is C29H33N3O4. The first kappa shape index (κ1) is 24.2. The molecule has 2 aromatic carbocycles. The van der Waals surface area contributed by atoms with Gasteiger partial charge in [0.25, 0.3) is 17.7 Å². The first-order valence-electron chi connectivity index (χ1n) is 12.7. The second-order valence-corrected chi connectivity index (χ2v) is 11.6. The summed E-state index contributed by atoms with van der Waals surface area (Å²) in [4.78, 5) is 56.1. The minimum absolute atomic E-state index is 0.0916. The number of amides is 4. The molecule has 188 valence electrons. The molecule has 1 saturated carbocycles. The number of rotatable bonds is 5. The van der Waals surface area contributed by atoms with Crippen LogP contribution in [0.4, 0.5) is 5.69 Å². The van der Waals surface area contributed by atoms with Crippen molar-refractivity contribution in [1.29, 1.82) is 0 Å². The van der Waals surface area contributed by atoms with E-state index >= 15 is 0 Å². The van der Waals surface area contributed by atoms with Gasteiger partial charge >= 0.3 is 0 Å². The third-order valence-electron chi connectivity index (χ3n) is 7.92. The van der Waals surface area contributed by atoms with Crippen molar-refractivity contribution in [2.75, 3.05) is 11.9 Å². The van der Waals surface area contributed by atoms with Crippen LogP contribution >= 0.6 is 0 Å². The van der Waals surface area contributed by atoms with Gasteiger partial charge in [-0.15, -0.1) is 0 Å². The maximum atomic E-state index is 13.7. The molecule has 7 heteroatoms. The number of hydrogen-bond acceptors (Lipinski definition) is 4. The molecule has 2 aromatic rings. The molecule has 2 fully saturated rings. The predicted molar refractivity (Wildman–Crippen MR) is 137 cm³/mol. The number of anilines is 1. The number of nitrogens with zero attached hydrogens (tertiary/aromatic N) is 2. The van der Waals surface area contributed by atoms with E-state index in [4.69, 9.17) is 0 Å². The van der Waals surface area contributed by atoms with Crippen LogP contribution in [0, 0.1) is 10.8 Å². The Morgan fingerprint density at radius 3 is 2.22 bits per heavy atom. The second kappa shape index (κ2) is 8.57. The molecule has 36 heavy (non-hydrogen) atoms. The van der Waals surface area contributed by atoms with Gasteiger partial charge in [-0.2, -0.15) is 0 Å². The van der Waals surface area contributed by atoms with E-state index in [1.54, 1.807) is 55.5 Å².